The molecule has 0 saturated carbocycles. The van der Waals surface area contributed by atoms with Crippen molar-refractivity contribution in [3.63, 3.8) is 0 Å². The SMILES string of the molecule is Nc1cccc(NS(=O)(=O)c2ccc3c(c2)CCCC3)c1. The van der Waals surface area contributed by atoms with Gasteiger partial charge < -0.3 is 5.73 Å². The number of nitrogens with one attached hydrogen (secondary N) is 1. The Bertz CT molecular complexity index is 770. The number of rotatable bonds is 3. The predicted octanol–water partition coefficient (Wildman–Crippen LogP) is 2.95. The number of hydrogen-bond donors (Lipinski definition) is 2. The number of nitrogen functional groups attached to an aromatic ring is 1. The molecule has 0 fully saturated rings. The third kappa shape index (κ3) is 3.03. The largest absolute Gasteiger partial charge is 0.399 e. The van der Waals surface area contributed by atoms with E-state index in [2.05, 4.69) is 4.72 Å². The van der Waals surface area contributed by atoms with E-state index in [1.54, 1.807) is 36.4 Å². The van der Waals surface area contributed by atoms with Crippen LogP contribution in [0.1, 0.15) is 24.0 Å². The van der Waals surface area contributed by atoms with E-state index in [1.807, 2.05) is 6.07 Å². The maximum absolute atomic E-state index is 12.4. The average Bonchev–Trinajstić information content (AvgIpc) is 2.46. The average molecular weight is 302 g/mol. The molecule has 21 heavy (non-hydrogen) atoms. The highest BCUT2D eigenvalue weighted by Gasteiger charge is 2.17. The van der Waals surface area contributed by atoms with Crippen molar-refractivity contribution in [1.82, 2.24) is 0 Å². The lowest BCUT2D eigenvalue weighted by atomic mass is 9.92. The molecule has 2 aromatic carbocycles. The highest BCUT2D eigenvalue weighted by Crippen LogP contribution is 2.25. The number of anilines is 2. The highest BCUT2D eigenvalue weighted by atomic mass is 32.2. The zero-order chi connectivity index (χ0) is 14.9. The van der Waals surface area contributed by atoms with Crippen molar-refractivity contribution in [2.45, 2.75) is 30.6 Å². The second-order valence-corrected chi connectivity index (χ2v) is 7.05. The van der Waals surface area contributed by atoms with Gasteiger partial charge in [-0.3, -0.25) is 4.72 Å². The Balaban J connectivity index is 1.91. The summed E-state index contributed by atoms with van der Waals surface area (Å²) in [4.78, 5) is 0.311. The number of aryl methyl sites for hydroxylation is 2. The van der Waals surface area contributed by atoms with Gasteiger partial charge in [-0.2, -0.15) is 0 Å². The van der Waals surface area contributed by atoms with Gasteiger partial charge >= 0.3 is 0 Å². The standard InChI is InChI=1S/C16H18N2O2S/c17-14-6-3-7-15(11-14)18-21(19,20)16-9-8-12-4-1-2-5-13(12)10-16/h3,6-11,18H,1-2,4-5,17H2. The summed E-state index contributed by atoms with van der Waals surface area (Å²) in [6, 6.07) is 12.1. The van der Waals surface area contributed by atoms with Crippen LogP contribution < -0.4 is 10.5 Å². The third-order valence-corrected chi connectivity index (χ3v) is 5.15. The molecule has 0 aliphatic heterocycles. The van der Waals surface area contributed by atoms with E-state index >= 15 is 0 Å². The van der Waals surface area contributed by atoms with E-state index in [0.29, 0.717) is 16.3 Å². The molecule has 0 radical (unpaired) electrons. The summed E-state index contributed by atoms with van der Waals surface area (Å²) >= 11 is 0. The van der Waals surface area contributed by atoms with Crippen molar-refractivity contribution < 1.29 is 8.42 Å². The number of sulfonamides is 1. The van der Waals surface area contributed by atoms with Crippen LogP contribution in [0.15, 0.2) is 47.4 Å². The lowest BCUT2D eigenvalue weighted by molar-refractivity contribution is 0.600. The summed E-state index contributed by atoms with van der Waals surface area (Å²) in [5, 5.41) is 0. The fourth-order valence-corrected chi connectivity index (χ4v) is 3.79. The minimum atomic E-state index is -3.57. The fraction of sp³-hybridized carbons (Fsp3) is 0.250. The van der Waals surface area contributed by atoms with Crippen molar-refractivity contribution >= 4 is 21.4 Å². The Hall–Kier alpha value is -2.01. The number of hydrogen-bond acceptors (Lipinski definition) is 3. The van der Waals surface area contributed by atoms with Crippen LogP contribution in [0.4, 0.5) is 11.4 Å². The van der Waals surface area contributed by atoms with Gasteiger partial charge in [0.15, 0.2) is 0 Å². The van der Waals surface area contributed by atoms with Crippen LogP contribution >= 0.6 is 0 Å². The minimum Gasteiger partial charge on any atom is -0.399 e. The van der Waals surface area contributed by atoms with Crippen molar-refractivity contribution in [3.05, 3.63) is 53.6 Å². The third-order valence-electron chi connectivity index (χ3n) is 3.77. The normalized spacial score (nSPS) is 14.5. The van der Waals surface area contributed by atoms with Crippen LogP contribution in [0.3, 0.4) is 0 Å². The molecule has 0 heterocycles. The lowest BCUT2D eigenvalue weighted by Gasteiger charge is -2.17. The summed E-state index contributed by atoms with van der Waals surface area (Å²) in [6.07, 6.45) is 4.30. The van der Waals surface area contributed by atoms with Crippen molar-refractivity contribution in [2.24, 2.45) is 0 Å². The molecule has 3 N–H and O–H groups in total. The Morgan fingerprint density at radius 1 is 0.952 bits per heavy atom. The molecule has 4 nitrogen and oxygen atoms in total. The molecule has 0 spiro atoms. The second-order valence-electron chi connectivity index (χ2n) is 5.37. The van der Waals surface area contributed by atoms with E-state index in [-0.39, 0.29) is 0 Å². The summed E-state index contributed by atoms with van der Waals surface area (Å²) < 4.78 is 27.5. The van der Waals surface area contributed by atoms with Gasteiger partial charge in [0, 0.05) is 5.69 Å². The van der Waals surface area contributed by atoms with Crippen molar-refractivity contribution in [1.29, 1.82) is 0 Å². The van der Waals surface area contributed by atoms with Gasteiger partial charge in [-0.1, -0.05) is 12.1 Å². The Kier molecular flexibility index (Phi) is 3.59. The van der Waals surface area contributed by atoms with Gasteiger partial charge in [0.05, 0.1) is 10.6 Å². The first kappa shape index (κ1) is 13.9. The zero-order valence-electron chi connectivity index (χ0n) is 11.7. The van der Waals surface area contributed by atoms with E-state index in [4.69, 9.17) is 5.73 Å². The maximum Gasteiger partial charge on any atom is 0.261 e. The molecule has 3 rings (SSSR count). The zero-order valence-corrected chi connectivity index (χ0v) is 12.5. The van der Waals surface area contributed by atoms with Crippen LogP contribution in [-0.2, 0) is 22.9 Å². The number of nitrogens with two attached hydrogens (primary N) is 1. The van der Waals surface area contributed by atoms with E-state index < -0.39 is 10.0 Å². The van der Waals surface area contributed by atoms with Crippen LogP contribution in [-0.4, -0.2) is 8.42 Å². The van der Waals surface area contributed by atoms with E-state index in [9.17, 15) is 8.42 Å². The molecular formula is C16H18N2O2S. The Morgan fingerprint density at radius 2 is 1.71 bits per heavy atom. The minimum absolute atomic E-state index is 0.311. The smallest absolute Gasteiger partial charge is 0.261 e. The van der Waals surface area contributed by atoms with E-state index in [0.717, 1.165) is 24.8 Å². The first-order chi connectivity index (χ1) is 10.0. The molecular weight excluding hydrogens is 284 g/mol. The van der Waals surface area contributed by atoms with Crippen LogP contribution in [0, 0.1) is 0 Å². The summed E-state index contributed by atoms with van der Waals surface area (Å²) in [5.74, 6) is 0. The van der Waals surface area contributed by atoms with Gasteiger partial charge in [0.1, 0.15) is 0 Å². The molecule has 0 amide bonds. The van der Waals surface area contributed by atoms with Crippen LogP contribution in [0.2, 0.25) is 0 Å². The monoisotopic (exact) mass is 302 g/mol. The second kappa shape index (κ2) is 5.41. The molecule has 5 heteroatoms. The lowest BCUT2D eigenvalue weighted by Crippen LogP contribution is -2.14. The van der Waals surface area contributed by atoms with Crippen LogP contribution in [0.5, 0.6) is 0 Å². The highest BCUT2D eigenvalue weighted by molar-refractivity contribution is 7.92. The maximum atomic E-state index is 12.4. The van der Waals surface area contributed by atoms with Crippen LogP contribution in [0.25, 0.3) is 0 Å². The molecule has 0 saturated heterocycles. The fourth-order valence-electron chi connectivity index (χ4n) is 2.69. The van der Waals surface area contributed by atoms with Gasteiger partial charge in [-0.15, -0.1) is 0 Å². The van der Waals surface area contributed by atoms with E-state index in [1.165, 1.54) is 12.0 Å². The number of benzene rings is 2. The molecule has 110 valence electrons. The predicted molar refractivity (Wildman–Crippen MR) is 84.7 cm³/mol. The van der Waals surface area contributed by atoms with Gasteiger partial charge in [0.2, 0.25) is 0 Å². The number of fused-ring (bicyclic) bond motifs is 1. The quantitative estimate of drug-likeness (QED) is 0.856. The molecule has 1 aliphatic carbocycles. The topological polar surface area (TPSA) is 72.2 Å². The molecule has 0 atom stereocenters. The van der Waals surface area contributed by atoms with Gasteiger partial charge in [-0.25, -0.2) is 8.42 Å². The molecule has 0 aromatic heterocycles. The molecule has 2 aromatic rings. The van der Waals surface area contributed by atoms with Crippen molar-refractivity contribution in [2.75, 3.05) is 10.5 Å². The Morgan fingerprint density at radius 3 is 2.48 bits per heavy atom. The van der Waals surface area contributed by atoms with Gasteiger partial charge in [0.25, 0.3) is 10.0 Å². The first-order valence-corrected chi connectivity index (χ1v) is 8.53. The first-order valence-electron chi connectivity index (χ1n) is 7.05. The summed E-state index contributed by atoms with van der Waals surface area (Å²) in [7, 11) is -3.57. The molecule has 0 bridgehead atoms. The Labute approximate surface area is 125 Å². The molecule has 1 aliphatic rings. The van der Waals surface area contributed by atoms with Gasteiger partial charge in [-0.05, 0) is 67.1 Å². The van der Waals surface area contributed by atoms with Crippen molar-refractivity contribution in [3.8, 4) is 0 Å². The summed E-state index contributed by atoms with van der Waals surface area (Å²) in [6.45, 7) is 0. The molecule has 0 unspecified atom stereocenters. The summed E-state index contributed by atoms with van der Waals surface area (Å²) in [5.41, 5.74) is 9.10.